The molecule has 3 atom stereocenters. The zero-order valence-electron chi connectivity index (χ0n) is 17.2. The van der Waals surface area contributed by atoms with Crippen molar-refractivity contribution in [2.45, 2.75) is 58.0 Å². The molecule has 1 fully saturated rings. The maximum absolute atomic E-state index is 10.2. The van der Waals surface area contributed by atoms with Gasteiger partial charge in [0.25, 0.3) is 0 Å². The first-order valence-electron chi connectivity index (χ1n) is 9.96. The van der Waals surface area contributed by atoms with E-state index in [4.69, 9.17) is 26.2 Å². The molecule has 1 heterocycles. The molecule has 6 heteroatoms. The summed E-state index contributed by atoms with van der Waals surface area (Å²) in [7, 11) is 0. The fourth-order valence-corrected chi connectivity index (χ4v) is 3.30. The Bertz CT molecular complexity index is 745. The second-order valence-electron chi connectivity index (χ2n) is 7.41. The van der Waals surface area contributed by atoms with Crippen molar-refractivity contribution in [1.82, 2.24) is 0 Å². The lowest BCUT2D eigenvalue weighted by atomic mass is 9.94. The van der Waals surface area contributed by atoms with Crippen molar-refractivity contribution >= 4 is 11.6 Å². The molecule has 3 N–H and O–H groups in total. The summed E-state index contributed by atoms with van der Waals surface area (Å²) in [5.74, 6) is 0.850. The lowest BCUT2D eigenvalue weighted by Crippen LogP contribution is -2.35. The van der Waals surface area contributed by atoms with Gasteiger partial charge in [-0.25, -0.2) is 0 Å². The summed E-state index contributed by atoms with van der Waals surface area (Å²) >= 11 is 6.36. The lowest BCUT2D eigenvalue weighted by molar-refractivity contribution is -0.125. The average Bonchev–Trinajstić information content (AvgIpc) is 2.65. The van der Waals surface area contributed by atoms with Crippen LogP contribution >= 0.6 is 11.6 Å². The largest absolute Gasteiger partial charge is 0.494 e. The fraction of sp³-hybridized carbons (Fsp3) is 0.478. The van der Waals surface area contributed by atoms with Crippen molar-refractivity contribution in [2.75, 3.05) is 13.2 Å². The van der Waals surface area contributed by atoms with E-state index < -0.39 is 18.3 Å². The van der Waals surface area contributed by atoms with Crippen LogP contribution in [0.1, 0.15) is 50.0 Å². The summed E-state index contributed by atoms with van der Waals surface area (Å²) < 4.78 is 11.1. The molecule has 160 valence electrons. The topological polar surface area (TPSA) is 79.2 Å². The summed E-state index contributed by atoms with van der Waals surface area (Å²) in [5, 5.41) is 28.5. The molecule has 0 bridgehead atoms. The summed E-state index contributed by atoms with van der Waals surface area (Å²) in [5.41, 5.74) is 2.98. The Hall–Kier alpha value is -1.63. The number of hydrogen-bond donors (Lipinski definition) is 3. The monoisotopic (exact) mass is 422 g/mol. The van der Waals surface area contributed by atoms with Gasteiger partial charge in [-0.2, -0.15) is 0 Å². The second-order valence-corrected chi connectivity index (χ2v) is 7.82. The molecular formula is C23H31ClO5. The van der Waals surface area contributed by atoms with E-state index in [1.807, 2.05) is 49.4 Å². The van der Waals surface area contributed by atoms with E-state index in [-0.39, 0.29) is 12.7 Å². The van der Waals surface area contributed by atoms with E-state index in [9.17, 15) is 10.2 Å². The van der Waals surface area contributed by atoms with Crippen LogP contribution in [0.15, 0.2) is 42.5 Å². The SMILES string of the molecule is CC(C)O.CCOc1ccc(Cc2cc([C@@H]3OCC(O)CC3O)ccc2Cl)cc1. The number of rotatable bonds is 5. The van der Waals surface area contributed by atoms with Crippen molar-refractivity contribution in [3.63, 3.8) is 0 Å². The standard InChI is InChI=1S/C20H23ClO4.C3H8O/c1-2-24-17-6-3-13(4-7-17)9-15-10-14(5-8-18(15)21)20-19(23)11-16(22)12-25-20;1-3(2)4/h3-8,10,16,19-20,22-23H,2,9,11-12H2,1H3;3-4H,1-2H3/t16?,19?,20-;/m0./s1. The maximum Gasteiger partial charge on any atom is 0.119 e. The Labute approximate surface area is 177 Å². The summed E-state index contributed by atoms with van der Waals surface area (Å²) in [6.07, 6.45) is -0.920. The number of aliphatic hydroxyl groups excluding tert-OH is 3. The number of ether oxygens (including phenoxy) is 2. The Kier molecular flexibility index (Phi) is 9.40. The van der Waals surface area contributed by atoms with E-state index in [1.54, 1.807) is 13.8 Å². The van der Waals surface area contributed by atoms with Crippen LogP contribution in [0.3, 0.4) is 0 Å². The molecule has 5 nitrogen and oxygen atoms in total. The van der Waals surface area contributed by atoms with Crippen LogP contribution in [0.25, 0.3) is 0 Å². The Morgan fingerprint density at radius 3 is 2.38 bits per heavy atom. The number of halogens is 1. The summed E-state index contributed by atoms with van der Waals surface area (Å²) in [4.78, 5) is 0. The normalized spacial score (nSPS) is 21.4. The number of benzene rings is 2. The summed E-state index contributed by atoms with van der Waals surface area (Å²) in [6, 6.07) is 13.6. The summed E-state index contributed by atoms with van der Waals surface area (Å²) in [6.45, 7) is 6.28. The van der Waals surface area contributed by atoms with Gasteiger partial charge in [-0.3, -0.25) is 0 Å². The van der Waals surface area contributed by atoms with Crippen molar-refractivity contribution < 1.29 is 24.8 Å². The van der Waals surface area contributed by atoms with Gasteiger partial charge in [0.05, 0.1) is 25.4 Å². The predicted octanol–water partition coefficient (Wildman–Crippen LogP) is 3.90. The molecule has 0 spiro atoms. The van der Waals surface area contributed by atoms with Crippen LogP contribution in [0, 0.1) is 0 Å². The highest BCUT2D eigenvalue weighted by molar-refractivity contribution is 6.31. The molecule has 2 aromatic carbocycles. The molecule has 0 radical (unpaired) electrons. The number of hydrogen-bond acceptors (Lipinski definition) is 5. The third kappa shape index (κ3) is 7.61. The van der Waals surface area contributed by atoms with Crippen LogP contribution in [-0.2, 0) is 11.2 Å². The van der Waals surface area contributed by atoms with E-state index in [1.165, 1.54) is 0 Å². The fourth-order valence-electron chi connectivity index (χ4n) is 3.11. The Balaban J connectivity index is 0.000000687. The smallest absolute Gasteiger partial charge is 0.119 e. The lowest BCUT2D eigenvalue weighted by Gasteiger charge is -2.31. The second kappa shape index (κ2) is 11.5. The molecule has 1 aliphatic heterocycles. The highest BCUT2D eigenvalue weighted by Gasteiger charge is 2.30. The predicted molar refractivity (Wildman–Crippen MR) is 115 cm³/mol. The van der Waals surface area contributed by atoms with Gasteiger partial charge >= 0.3 is 0 Å². The zero-order chi connectivity index (χ0) is 21.4. The van der Waals surface area contributed by atoms with Gasteiger partial charge in [0.1, 0.15) is 11.9 Å². The average molecular weight is 423 g/mol. The van der Waals surface area contributed by atoms with E-state index in [2.05, 4.69) is 0 Å². The van der Waals surface area contributed by atoms with Gasteiger partial charge in [-0.1, -0.05) is 35.9 Å². The molecule has 0 amide bonds. The molecule has 1 saturated heterocycles. The van der Waals surface area contributed by atoms with Crippen LogP contribution < -0.4 is 4.74 Å². The minimum Gasteiger partial charge on any atom is -0.494 e. The van der Waals surface area contributed by atoms with E-state index >= 15 is 0 Å². The third-order valence-corrected chi connectivity index (χ3v) is 4.73. The Morgan fingerprint density at radius 2 is 1.79 bits per heavy atom. The van der Waals surface area contributed by atoms with Crippen LogP contribution in [0.4, 0.5) is 0 Å². The van der Waals surface area contributed by atoms with Crippen LogP contribution in [-0.4, -0.2) is 46.8 Å². The van der Waals surface area contributed by atoms with Gasteiger partial charge in [0.2, 0.25) is 0 Å². The van der Waals surface area contributed by atoms with Crippen molar-refractivity contribution in [2.24, 2.45) is 0 Å². The molecule has 29 heavy (non-hydrogen) atoms. The molecule has 2 unspecified atom stereocenters. The van der Waals surface area contributed by atoms with Gasteiger partial charge in [-0.05, 0) is 62.1 Å². The first-order chi connectivity index (χ1) is 13.8. The van der Waals surface area contributed by atoms with Crippen LogP contribution in [0.2, 0.25) is 5.02 Å². The number of aliphatic hydroxyl groups is 3. The van der Waals surface area contributed by atoms with Gasteiger partial charge in [0, 0.05) is 17.5 Å². The first kappa shape index (κ1) is 23.6. The van der Waals surface area contributed by atoms with E-state index in [0.717, 1.165) is 22.4 Å². The van der Waals surface area contributed by atoms with Crippen molar-refractivity contribution in [3.05, 3.63) is 64.2 Å². The highest BCUT2D eigenvalue weighted by Crippen LogP contribution is 2.31. The zero-order valence-corrected chi connectivity index (χ0v) is 18.0. The maximum atomic E-state index is 10.2. The minimum atomic E-state index is -0.719. The van der Waals surface area contributed by atoms with Gasteiger partial charge < -0.3 is 24.8 Å². The van der Waals surface area contributed by atoms with Crippen molar-refractivity contribution in [3.8, 4) is 5.75 Å². The van der Waals surface area contributed by atoms with Crippen LogP contribution in [0.5, 0.6) is 5.75 Å². The third-order valence-electron chi connectivity index (χ3n) is 4.36. The quantitative estimate of drug-likeness (QED) is 0.681. The molecule has 3 rings (SSSR count). The molecule has 0 aromatic heterocycles. The molecule has 2 aromatic rings. The van der Waals surface area contributed by atoms with E-state index in [0.29, 0.717) is 24.5 Å². The molecular weight excluding hydrogens is 392 g/mol. The minimum absolute atomic E-state index is 0.167. The first-order valence-corrected chi connectivity index (χ1v) is 10.3. The highest BCUT2D eigenvalue weighted by atomic mass is 35.5. The Morgan fingerprint density at radius 1 is 1.14 bits per heavy atom. The molecule has 0 saturated carbocycles. The van der Waals surface area contributed by atoms with Crippen molar-refractivity contribution in [1.29, 1.82) is 0 Å². The van der Waals surface area contributed by atoms with Gasteiger partial charge in [0.15, 0.2) is 0 Å². The van der Waals surface area contributed by atoms with Gasteiger partial charge in [-0.15, -0.1) is 0 Å². The molecule has 0 aliphatic carbocycles. The molecule has 1 aliphatic rings.